The summed E-state index contributed by atoms with van der Waals surface area (Å²) in [6, 6.07) is 13.3. The van der Waals surface area contributed by atoms with Gasteiger partial charge >= 0.3 is 0 Å². The third-order valence-corrected chi connectivity index (χ3v) is 5.18. The normalized spacial score (nSPS) is 30.8. The van der Waals surface area contributed by atoms with Crippen molar-refractivity contribution in [1.82, 2.24) is 4.90 Å². The van der Waals surface area contributed by atoms with Crippen molar-refractivity contribution in [3.8, 4) is 6.07 Å². The number of aliphatic hydroxyl groups is 1. The number of nitriles is 1. The van der Waals surface area contributed by atoms with E-state index in [1.54, 1.807) is 0 Å². The fraction of sp³-hybridized carbons (Fsp3) is 0.632. The Morgan fingerprint density at radius 3 is 2.52 bits per heavy atom. The highest BCUT2D eigenvalue weighted by molar-refractivity contribution is 5.15. The Kier molecular flexibility index (Phi) is 5.32. The second kappa shape index (κ2) is 7.44. The molecular formula is C19H26N2O2. The topological polar surface area (TPSA) is 56.5 Å². The molecule has 0 aromatic heterocycles. The monoisotopic (exact) mass is 314 g/mol. The predicted molar refractivity (Wildman–Crippen MR) is 88.6 cm³/mol. The number of hydrogen-bond donors (Lipinski definition) is 1. The summed E-state index contributed by atoms with van der Waals surface area (Å²) in [5, 5.41) is 19.6. The van der Waals surface area contributed by atoms with Crippen LogP contribution in [0.1, 0.15) is 44.1 Å². The molecule has 4 nitrogen and oxygen atoms in total. The van der Waals surface area contributed by atoms with Crippen LogP contribution in [0.15, 0.2) is 30.3 Å². The van der Waals surface area contributed by atoms with Crippen LogP contribution in [0.25, 0.3) is 0 Å². The Labute approximate surface area is 138 Å². The standard InChI is InChI=1S/C19H26N2O2/c20-10-6-2-5-9-19(22)11-17-14-23-15-18(12-19)21(17)13-16-7-3-1-4-8-16/h1,3-4,7-8,17-18,22H,2,5-6,9,11-15H2. The first-order valence-corrected chi connectivity index (χ1v) is 8.67. The van der Waals surface area contributed by atoms with Crippen LogP contribution in [0.2, 0.25) is 0 Å². The lowest BCUT2D eigenvalue weighted by molar-refractivity contribution is -0.148. The summed E-state index contributed by atoms with van der Waals surface area (Å²) in [4.78, 5) is 2.52. The fourth-order valence-electron chi connectivity index (χ4n) is 4.06. The molecule has 124 valence electrons. The van der Waals surface area contributed by atoms with Crippen LogP contribution >= 0.6 is 0 Å². The SMILES string of the molecule is N#CCCCCC1(O)CC2COCC(C1)N2Cc1ccccc1. The molecule has 0 spiro atoms. The number of morpholine rings is 1. The third kappa shape index (κ3) is 4.11. The molecule has 3 rings (SSSR count). The number of fused-ring (bicyclic) bond motifs is 2. The molecule has 0 aliphatic carbocycles. The summed E-state index contributed by atoms with van der Waals surface area (Å²) in [5.74, 6) is 0. The predicted octanol–water partition coefficient (Wildman–Crippen LogP) is 2.86. The maximum absolute atomic E-state index is 11.0. The van der Waals surface area contributed by atoms with E-state index in [0.29, 0.717) is 31.7 Å². The molecule has 2 heterocycles. The number of benzene rings is 1. The summed E-state index contributed by atoms with van der Waals surface area (Å²) < 4.78 is 5.74. The van der Waals surface area contributed by atoms with Gasteiger partial charge in [0.05, 0.1) is 24.9 Å². The Bertz CT molecular complexity index is 526. The van der Waals surface area contributed by atoms with Crippen molar-refractivity contribution in [2.24, 2.45) is 0 Å². The van der Waals surface area contributed by atoms with E-state index in [1.807, 2.05) is 6.07 Å². The van der Waals surface area contributed by atoms with E-state index in [1.165, 1.54) is 5.56 Å². The maximum Gasteiger partial charge on any atom is 0.0679 e. The van der Waals surface area contributed by atoms with Crippen molar-refractivity contribution in [2.75, 3.05) is 13.2 Å². The quantitative estimate of drug-likeness (QED) is 0.820. The Balaban J connectivity index is 1.62. The molecule has 1 N–H and O–H groups in total. The number of unbranched alkanes of at least 4 members (excludes halogenated alkanes) is 2. The average Bonchev–Trinajstić information content (AvgIpc) is 2.54. The van der Waals surface area contributed by atoms with Crippen molar-refractivity contribution < 1.29 is 9.84 Å². The first-order chi connectivity index (χ1) is 11.2. The van der Waals surface area contributed by atoms with Crippen molar-refractivity contribution in [3.05, 3.63) is 35.9 Å². The Hall–Kier alpha value is -1.41. The first kappa shape index (κ1) is 16.4. The number of hydrogen-bond acceptors (Lipinski definition) is 4. The third-order valence-electron chi connectivity index (χ3n) is 5.18. The highest BCUT2D eigenvalue weighted by atomic mass is 16.5. The van der Waals surface area contributed by atoms with Gasteiger partial charge in [-0.15, -0.1) is 0 Å². The van der Waals surface area contributed by atoms with E-state index in [-0.39, 0.29) is 0 Å². The molecule has 1 aromatic carbocycles. The van der Waals surface area contributed by atoms with Gasteiger partial charge in [-0.3, -0.25) is 4.90 Å². The molecule has 0 radical (unpaired) electrons. The Morgan fingerprint density at radius 1 is 1.17 bits per heavy atom. The second-order valence-corrected chi connectivity index (χ2v) is 7.00. The number of nitrogens with zero attached hydrogens (tertiary/aromatic N) is 2. The zero-order chi connectivity index (χ0) is 16.1. The van der Waals surface area contributed by atoms with Gasteiger partial charge in [0.2, 0.25) is 0 Å². The summed E-state index contributed by atoms with van der Waals surface area (Å²) in [6.07, 6.45) is 4.78. The van der Waals surface area contributed by atoms with Crippen LogP contribution in [-0.4, -0.2) is 40.9 Å². The molecule has 2 aliphatic rings. The fourth-order valence-corrected chi connectivity index (χ4v) is 4.06. The van der Waals surface area contributed by atoms with Gasteiger partial charge in [-0.1, -0.05) is 30.3 Å². The number of rotatable bonds is 6. The molecule has 2 aliphatic heterocycles. The van der Waals surface area contributed by atoms with Gasteiger partial charge < -0.3 is 9.84 Å². The minimum absolute atomic E-state index is 0.295. The summed E-state index contributed by atoms with van der Waals surface area (Å²) in [6.45, 7) is 2.36. The van der Waals surface area contributed by atoms with Gasteiger partial charge in [-0.2, -0.15) is 5.26 Å². The molecule has 0 amide bonds. The van der Waals surface area contributed by atoms with Crippen molar-refractivity contribution >= 4 is 0 Å². The minimum Gasteiger partial charge on any atom is -0.390 e. The van der Waals surface area contributed by atoms with E-state index in [0.717, 1.165) is 38.6 Å². The van der Waals surface area contributed by atoms with Gasteiger partial charge in [-0.25, -0.2) is 0 Å². The molecule has 2 fully saturated rings. The number of piperidine rings is 1. The minimum atomic E-state index is -0.582. The molecule has 2 saturated heterocycles. The molecule has 1 aromatic rings. The van der Waals surface area contributed by atoms with Crippen molar-refractivity contribution in [3.63, 3.8) is 0 Å². The van der Waals surface area contributed by atoms with Crippen LogP contribution in [-0.2, 0) is 11.3 Å². The van der Waals surface area contributed by atoms with Gasteiger partial charge in [0, 0.05) is 25.0 Å². The largest absolute Gasteiger partial charge is 0.390 e. The zero-order valence-electron chi connectivity index (χ0n) is 13.7. The smallest absolute Gasteiger partial charge is 0.0679 e. The van der Waals surface area contributed by atoms with E-state index in [9.17, 15) is 5.11 Å². The van der Waals surface area contributed by atoms with Gasteiger partial charge in [0.15, 0.2) is 0 Å². The van der Waals surface area contributed by atoms with Gasteiger partial charge in [0.25, 0.3) is 0 Å². The molecule has 2 bridgehead atoms. The highest BCUT2D eigenvalue weighted by Crippen LogP contribution is 2.38. The summed E-state index contributed by atoms with van der Waals surface area (Å²) in [7, 11) is 0. The van der Waals surface area contributed by atoms with Crippen LogP contribution in [0.4, 0.5) is 0 Å². The first-order valence-electron chi connectivity index (χ1n) is 8.67. The van der Waals surface area contributed by atoms with Crippen LogP contribution in [0.3, 0.4) is 0 Å². The van der Waals surface area contributed by atoms with E-state index < -0.39 is 5.60 Å². The molecule has 2 unspecified atom stereocenters. The lowest BCUT2D eigenvalue weighted by atomic mass is 9.78. The Morgan fingerprint density at radius 2 is 1.87 bits per heavy atom. The average molecular weight is 314 g/mol. The maximum atomic E-state index is 11.0. The molecule has 23 heavy (non-hydrogen) atoms. The zero-order valence-corrected chi connectivity index (χ0v) is 13.7. The van der Waals surface area contributed by atoms with E-state index >= 15 is 0 Å². The lowest BCUT2D eigenvalue weighted by Crippen LogP contribution is -2.61. The number of ether oxygens (including phenoxy) is 1. The van der Waals surface area contributed by atoms with Gasteiger partial charge in [-0.05, 0) is 37.7 Å². The molecule has 2 atom stereocenters. The lowest BCUT2D eigenvalue weighted by Gasteiger charge is -2.52. The van der Waals surface area contributed by atoms with Crippen LogP contribution < -0.4 is 0 Å². The van der Waals surface area contributed by atoms with Crippen LogP contribution in [0.5, 0.6) is 0 Å². The van der Waals surface area contributed by atoms with Crippen molar-refractivity contribution in [2.45, 2.75) is 62.8 Å². The summed E-state index contributed by atoms with van der Waals surface area (Å²) in [5.41, 5.74) is 0.741. The van der Waals surface area contributed by atoms with Crippen molar-refractivity contribution in [1.29, 1.82) is 5.26 Å². The molecule has 4 heteroatoms. The summed E-state index contributed by atoms with van der Waals surface area (Å²) >= 11 is 0. The van der Waals surface area contributed by atoms with Gasteiger partial charge in [0.1, 0.15) is 0 Å². The highest BCUT2D eigenvalue weighted by Gasteiger charge is 2.45. The van der Waals surface area contributed by atoms with E-state index in [2.05, 4.69) is 35.2 Å². The molecule has 0 saturated carbocycles. The van der Waals surface area contributed by atoms with E-state index in [4.69, 9.17) is 10.00 Å². The van der Waals surface area contributed by atoms with Crippen LogP contribution in [0, 0.1) is 11.3 Å². The molecular weight excluding hydrogens is 288 g/mol. The second-order valence-electron chi connectivity index (χ2n) is 7.00.